The van der Waals surface area contributed by atoms with E-state index in [4.69, 9.17) is 11.6 Å². The van der Waals surface area contributed by atoms with Crippen LogP contribution in [0, 0.1) is 5.82 Å². The molecule has 102 valence electrons. The molecule has 1 heterocycles. The fraction of sp³-hybridized carbons (Fsp3) is 0.0667. The summed E-state index contributed by atoms with van der Waals surface area (Å²) in [5, 5.41) is 0.757. The molecule has 0 radical (unpaired) electrons. The lowest BCUT2D eigenvalue weighted by Crippen LogP contribution is -2.02. The molecule has 0 bridgehead atoms. The van der Waals surface area contributed by atoms with Gasteiger partial charge in [-0.05, 0) is 18.2 Å². The summed E-state index contributed by atoms with van der Waals surface area (Å²) in [5.41, 5.74) is 2.91. The van der Waals surface area contributed by atoms with Crippen molar-refractivity contribution in [2.75, 3.05) is 0 Å². The van der Waals surface area contributed by atoms with Gasteiger partial charge >= 0.3 is 0 Å². The quantitative estimate of drug-likeness (QED) is 0.720. The maximum absolute atomic E-state index is 13.4. The van der Waals surface area contributed by atoms with E-state index in [0.29, 0.717) is 33.7 Å². The number of alkyl halides is 1. The van der Waals surface area contributed by atoms with Crippen molar-refractivity contribution >= 4 is 38.6 Å². The average Bonchev–Trinajstić information content (AvgIpc) is 2.45. The van der Waals surface area contributed by atoms with Crippen LogP contribution in [0.15, 0.2) is 37.4 Å². The first kappa shape index (κ1) is 14.9. The van der Waals surface area contributed by atoms with Gasteiger partial charge in [-0.25, -0.2) is 14.4 Å². The van der Waals surface area contributed by atoms with Gasteiger partial charge in [0, 0.05) is 10.9 Å². The van der Waals surface area contributed by atoms with E-state index in [1.807, 2.05) is 0 Å². The fourth-order valence-electron chi connectivity index (χ4n) is 1.79. The zero-order chi connectivity index (χ0) is 14.7. The highest BCUT2D eigenvalue weighted by atomic mass is 79.9. The van der Waals surface area contributed by atoms with Crippen molar-refractivity contribution < 1.29 is 4.39 Å². The normalized spacial score (nSPS) is 10.3. The zero-order valence-electron chi connectivity index (χ0n) is 10.5. The molecule has 1 aromatic carbocycles. The summed E-state index contributed by atoms with van der Waals surface area (Å²) in [6.45, 7) is 7.36. The lowest BCUT2D eigenvalue weighted by atomic mass is 10.1. The van der Waals surface area contributed by atoms with E-state index in [-0.39, 0.29) is 10.8 Å². The molecule has 0 N–H and O–H groups in total. The maximum atomic E-state index is 13.4. The number of hydrogen-bond acceptors (Lipinski definition) is 2. The highest BCUT2D eigenvalue weighted by Crippen LogP contribution is 2.28. The molecule has 0 aliphatic rings. The van der Waals surface area contributed by atoms with Crippen LogP contribution in [0.2, 0.25) is 0 Å². The van der Waals surface area contributed by atoms with E-state index < -0.39 is 0 Å². The average molecular weight is 354 g/mol. The Balaban J connectivity index is 2.71. The maximum Gasteiger partial charge on any atom is 0.123 e. The Labute approximate surface area is 130 Å². The lowest BCUT2D eigenvalue weighted by molar-refractivity contribution is 0.628. The van der Waals surface area contributed by atoms with E-state index in [2.05, 4.69) is 39.1 Å². The number of aromatic nitrogens is 2. The lowest BCUT2D eigenvalue weighted by Gasteiger charge is -2.11. The van der Waals surface area contributed by atoms with E-state index in [1.165, 1.54) is 12.1 Å². The first-order chi connectivity index (χ1) is 9.56. The van der Waals surface area contributed by atoms with Crippen molar-refractivity contribution in [1.82, 2.24) is 9.97 Å². The summed E-state index contributed by atoms with van der Waals surface area (Å²) in [5.74, 6) is -0.330. The Morgan fingerprint density at radius 2 is 2.15 bits per heavy atom. The van der Waals surface area contributed by atoms with Crippen molar-refractivity contribution in [2.45, 2.75) is 5.33 Å². The van der Waals surface area contributed by atoms with Crippen LogP contribution >= 0.6 is 27.5 Å². The fourth-order valence-corrected chi connectivity index (χ4v) is 2.32. The van der Waals surface area contributed by atoms with Crippen LogP contribution in [-0.2, 0) is 5.33 Å². The van der Waals surface area contributed by atoms with Crippen LogP contribution in [0.5, 0.6) is 0 Å². The first-order valence-corrected chi connectivity index (χ1v) is 7.26. The Hall–Kier alpha value is -1.52. The van der Waals surface area contributed by atoms with Gasteiger partial charge in [0.2, 0.25) is 0 Å². The van der Waals surface area contributed by atoms with Crippen LogP contribution in [0.25, 0.3) is 22.4 Å². The number of hydrogen-bond donors (Lipinski definition) is 0. The summed E-state index contributed by atoms with van der Waals surface area (Å²) in [6, 6.07) is 6.18. The first-order valence-electron chi connectivity index (χ1n) is 5.77. The highest BCUT2D eigenvalue weighted by molar-refractivity contribution is 9.08. The molecule has 0 aliphatic carbocycles. The van der Waals surface area contributed by atoms with Crippen molar-refractivity contribution in [2.24, 2.45) is 0 Å². The Morgan fingerprint density at radius 3 is 2.70 bits per heavy atom. The second-order valence-electron chi connectivity index (χ2n) is 4.01. The predicted molar refractivity (Wildman–Crippen MR) is 85.0 cm³/mol. The topological polar surface area (TPSA) is 25.8 Å². The molecule has 20 heavy (non-hydrogen) atoms. The van der Waals surface area contributed by atoms with Crippen molar-refractivity contribution in [1.29, 1.82) is 0 Å². The summed E-state index contributed by atoms with van der Waals surface area (Å²) >= 11 is 9.31. The zero-order valence-corrected chi connectivity index (χ0v) is 12.9. The Morgan fingerprint density at radius 1 is 1.40 bits per heavy atom. The van der Waals surface area contributed by atoms with Gasteiger partial charge < -0.3 is 0 Å². The van der Waals surface area contributed by atoms with E-state index in [1.54, 1.807) is 18.2 Å². The van der Waals surface area contributed by atoms with Gasteiger partial charge in [-0.15, -0.1) is 0 Å². The molecule has 0 atom stereocenters. The molecule has 0 spiro atoms. The molecule has 1 aromatic heterocycles. The van der Waals surface area contributed by atoms with Crippen LogP contribution in [0.3, 0.4) is 0 Å². The van der Waals surface area contributed by atoms with Gasteiger partial charge in [0.05, 0.1) is 22.1 Å². The van der Waals surface area contributed by atoms with Crippen LogP contribution in [0.4, 0.5) is 4.39 Å². The number of halogens is 3. The summed E-state index contributed by atoms with van der Waals surface area (Å²) < 4.78 is 13.4. The van der Waals surface area contributed by atoms with E-state index in [0.717, 1.165) is 0 Å². The van der Waals surface area contributed by atoms with Gasteiger partial charge in [-0.3, -0.25) is 0 Å². The molecule has 0 fully saturated rings. The van der Waals surface area contributed by atoms with Crippen LogP contribution in [0.1, 0.15) is 17.1 Å². The summed E-state index contributed by atoms with van der Waals surface area (Å²) in [4.78, 5) is 8.91. The SMILES string of the molecule is C=Cc1nc(CBr)c(-c2cccc(F)c2)nc1C(=C)Cl. The molecule has 2 rings (SSSR count). The third kappa shape index (κ3) is 2.97. The largest absolute Gasteiger partial charge is 0.248 e. The smallest absolute Gasteiger partial charge is 0.123 e. The third-order valence-electron chi connectivity index (χ3n) is 2.67. The number of benzene rings is 1. The molecule has 0 saturated carbocycles. The Kier molecular flexibility index (Phi) is 4.68. The van der Waals surface area contributed by atoms with E-state index in [9.17, 15) is 4.39 Å². The molecule has 0 saturated heterocycles. The van der Waals surface area contributed by atoms with Gasteiger partial charge in [-0.1, -0.05) is 52.8 Å². The minimum Gasteiger partial charge on any atom is -0.248 e. The monoisotopic (exact) mass is 352 g/mol. The minimum absolute atomic E-state index is 0.270. The van der Waals surface area contributed by atoms with Crippen LogP contribution in [-0.4, -0.2) is 9.97 Å². The predicted octanol–water partition coefficient (Wildman–Crippen LogP) is 5.03. The second-order valence-corrected chi connectivity index (χ2v) is 5.02. The molecule has 0 unspecified atom stereocenters. The highest BCUT2D eigenvalue weighted by Gasteiger charge is 2.14. The van der Waals surface area contributed by atoms with Gasteiger partial charge in [-0.2, -0.15) is 0 Å². The third-order valence-corrected chi connectivity index (χ3v) is 3.38. The molecule has 0 amide bonds. The van der Waals surface area contributed by atoms with Crippen molar-refractivity contribution in [3.63, 3.8) is 0 Å². The summed E-state index contributed by atoms with van der Waals surface area (Å²) in [6.07, 6.45) is 1.57. The van der Waals surface area contributed by atoms with Gasteiger partial charge in [0.25, 0.3) is 0 Å². The number of rotatable bonds is 4. The second kappa shape index (κ2) is 6.29. The molecule has 2 nitrogen and oxygen atoms in total. The molecule has 5 heteroatoms. The standard InChI is InChI=1S/C15H11BrClFN2/c1-3-12-14(9(2)17)20-15(13(8-16)19-12)10-5-4-6-11(18)7-10/h3-7H,1-2,8H2. The molecule has 2 aromatic rings. The van der Waals surface area contributed by atoms with Crippen molar-refractivity contribution in [3.05, 3.63) is 60.3 Å². The van der Waals surface area contributed by atoms with Gasteiger partial charge in [0.15, 0.2) is 0 Å². The molecule has 0 aliphatic heterocycles. The van der Waals surface area contributed by atoms with Crippen molar-refractivity contribution in [3.8, 4) is 11.3 Å². The molecular weight excluding hydrogens is 343 g/mol. The van der Waals surface area contributed by atoms with E-state index >= 15 is 0 Å². The van der Waals surface area contributed by atoms with Crippen LogP contribution < -0.4 is 0 Å². The summed E-state index contributed by atoms with van der Waals surface area (Å²) in [7, 11) is 0. The Bertz CT molecular complexity index is 686. The number of nitrogens with zero attached hydrogens (tertiary/aromatic N) is 2. The van der Waals surface area contributed by atoms with Gasteiger partial charge in [0.1, 0.15) is 11.5 Å². The molecular formula is C15H11BrClFN2. The minimum atomic E-state index is -0.330.